The minimum Gasteiger partial charge on any atom is -0.329 e. The van der Waals surface area contributed by atoms with Crippen LogP contribution >= 0.6 is 0 Å². The molecule has 1 fully saturated rings. The first-order valence-corrected chi connectivity index (χ1v) is 7.71. The van der Waals surface area contributed by atoms with E-state index in [1.165, 1.54) is 51.9 Å². The van der Waals surface area contributed by atoms with Crippen LogP contribution in [0.1, 0.15) is 46.5 Å². The Bertz CT molecular complexity index is 226. The van der Waals surface area contributed by atoms with Gasteiger partial charge in [0.25, 0.3) is 0 Å². The molecule has 1 heterocycles. The predicted molar refractivity (Wildman–Crippen MR) is 79.8 cm³/mol. The van der Waals surface area contributed by atoms with Crippen molar-refractivity contribution in [2.75, 3.05) is 39.8 Å². The van der Waals surface area contributed by atoms with Gasteiger partial charge in [0.15, 0.2) is 0 Å². The average Bonchev–Trinajstić information content (AvgIpc) is 2.61. The summed E-state index contributed by atoms with van der Waals surface area (Å²) in [4.78, 5) is 5.13. The van der Waals surface area contributed by atoms with Gasteiger partial charge >= 0.3 is 0 Å². The summed E-state index contributed by atoms with van der Waals surface area (Å²) in [7, 11) is 2.23. The van der Waals surface area contributed by atoms with E-state index in [4.69, 9.17) is 5.73 Å². The van der Waals surface area contributed by atoms with Crippen molar-refractivity contribution in [2.24, 2.45) is 11.7 Å². The molecule has 1 aliphatic rings. The van der Waals surface area contributed by atoms with Crippen molar-refractivity contribution in [2.45, 2.75) is 52.0 Å². The Morgan fingerprint density at radius 1 is 1.17 bits per heavy atom. The Hall–Kier alpha value is -0.120. The molecule has 2 unspecified atom stereocenters. The third kappa shape index (κ3) is 3.94. The molecular weight excluding hydrogens is 222 g/mol. The third-order valence-electron chi connectivity index (χ3n) is 4.85. The van der Waals surface area contributed by atoms with Crippen LogP contribution in [0.2, 0.25) is 0 Å². The van der Waals surface area contributed by atoms with Crippen LogP contribution in [0.5, 0.6) is 0 Å². The summed E-state index contributed by atoms with van der Waals surface area (Å²) in [6.45, 7) is 12.6. The van der Waals surface area contributed by atoms with E-state index in [0.29, 0.717) is 0 Å². The van der Waals surface area contributed by atoms with Crippen molar-refractivity contribution in [3.63, 3.8) is 0 Å². The minimum atomic E-state index is 0.237. The molecule has 0 aliphatic carbocycles. The first-order valence-electron chi connectivity index (χ1n) is 7.71. The number of likely N-dealkylation sites (N-methyl/N-ethyl adjacent to an activating group) is 1. The molecule has 2 N–H and O–H groups in total. The summed E-state index contributed by atoms with van der Waals surface area (Å²) in [5.41, 5.74) is 6.42. The zero-order valence-electron chi connectivity index (χ0n) is 12.9. The Kier molecular flexibility index (Phi) is 6.61. The fraction of sp³-hybridized carbons (Fsp3) is 1.00. The number of rotatable bonds is 6. The van der Waals surface area contributed by atoms with E-state index >= 15 is 0 Å². The molecule has 1 rings (SSSR count). The van der Waals surface area contributed by atoms with E-state index in [1.807, 2.05) is 0 Å². The Morgan fingerprint density at radius 2 is 1.89 bits per heavy atom. The molecule has 0 bridgehead atoms. The summed E-state index contributed by atoms with van der Waals surface area (Å²) in [5.74, 6) is 0.773. The molecule has 0 saturated carbocycles. The van der Waals surface area contributed by atoms with Gasteiger partial charge in [-0.15, -0.1) is 0 Å². The third-order valence-corrected chi connectivity index (χ3v) is 4.85. The second-order valence-electron chi connectivity index (χ2n) is 6.14. The van der Waals surface area contributed by atoms with Gasteiger partial charge in [-0.25, -0.2) is 0 Å². The summed E-state index contributed by atoms with van der Waals surface area (Å²) >= 11 is 0. The van der Waals surface area contributed by atoms with Crippen LogP contribution in [-0.4, -0.2) is 55.1 Å². The Labute approximate surface area is 114 Å². The highest BCUT2D eigenvalue weighted by Gasteiger charge is 2.35. The second-order valence-corrected chi connectivity index (χ2v) is 6.14. The zero-order chi connectivity index (χ0) is 13.6. The molecule has 3 nitrogen and oxygen atoms in total. The lowest BCUT2D eigenvalue weighted by molar-refractivity contribution is 0.0699. The summed E-state index contributed by atoms with van der Waals surface area (Å²) in [5, 5.41) is 0. The normalized spacial score (nSPS) is 24.5. The maximum atomic E-state index is 6.18. The van der Waals surface area contributed by atoms with Crippen molar-refractivity contribution in [1.29, 1.82) is 0 Å². The highest BCUT2D eigenvalue weighted by Crippen LogP contribution is 2.29. The fourth-order valence-corrected chi connectivity index (χ4v) is 3.17. The van der Waals surface area contributed by atoms with E-state index < -0.39 is 0 Å². The molecule has 3 heteroatoms. The lowest BCUT2D eigenvalue weighted by Crippen LogP contribution is -2.55. The number of hydrogen-bond donors (Lipinski definition) is 1. The van der Waals surface area contributed by atoms with Crippen LogP contribution in [0.15, 0.2) is 0 Å². The number of nitrogens with two attached hydrogens (primary N) is 1. The Morgan fingerprint density at radius 3 is 2.44 bits per heavy atom. The number of hydrogen-bond acceptors (Lipinski definition) is 3. The van der Waals surface area contributed by atoms with Gasteiger partial charge in [-0.05, 0) is 38.8 Å². The van der Waals surface area contributed by atoms with E-state index in [0.717, 1.165) is 12.5 Å². The lowest BCUT2D eigenvalue weighted by Gasteiger charge is -2.44. The predicted octanol–water partition coefficient (Wildman–Crippen LogP) is 2.17. The summed E-state index contributed by atoms with van der Waals surface area (Å²) < 4.78 is 0. The number of nitrogens with zero attached hydrogens (tertiary/aromatic N) is 2. The van der Waals surface area contributed by atoms with Crippen LogP contribution in [0.3, 0.4) is 0 Å². The summed E-state index contributed by atoms with van der Waals surface area (Å²) in [6, 6.07) is 0. The van der Waals surface area contributed by atoms with Gasteiger partial charge in [-0.1, -0.05) is 27.2 Å². The first kappa shape index (κ1) is 15.9. The standard InChI is InChI=1S/C15H33N3/c1-5-14(3)12-15(6-2,13-16)18-9-7-8-17(4)10-11-18/h14H,5-13,16H2,1-4H3. The molecule has 0 radical (unpaired) electrons. The highest BCUT2D eigenvalue weighted by atomic mass is 15.3. The Balaban J connectivity index is 2.75. The average molecular weight is 255 g/mol. The smallest absolute Gasteiger partial charge is 0.0332 e. The molecule has 0 aromatic rings. The van der Waals surface area contributed by atoms with Gasteiger partial charge in [-0.3, -0.25) is 4.90 Å². The monoisotopic (exact) mass is 255 g/mol. The van der Waals surface area contributed by atoms with Crippen molar-refractivity contribution < 1.29 is 0 Å². The van der Waals surface area contributed by atoms with E-state index in [2.05, 4.69) is 37.6 Å². The fourth-order valence-electron chi connectivity index (χ4n) is 3.17. The molecule has 0 spiro atoms. The van der Waals surface area contributed by atoms with E-state index in [1.54, 1.807) is 0 Å². The van der Waals surface area contributed by atoms with Crippen LogP contribution < -0.4 is 5.73 Å². The van der Waals surface area contributed by atoms with Gasteiger partial charge in [0, 0.05) is 31.7 Å². The first-order chi connectivity index (χ1) is 8.57. The molecule has 1 saturated heterocycles. The van der Waals surface area contributed by atoms with Crippen molar-refractivity contribution >= 4 is 0 Å². The van der Waals surface area contributed by atoms with Crippen LogP contribution in [-0.2, 0) is 0 Å². The van der Waals surface area contributed by atoms with E-state index in [-0.39, 0.29) is 5.54 Å². The second kappa shape index (κ2) is 7.46. The van der Waals surface area contributed by atoms with E-state index in [9.17, 15) is 0 Å². The maximum Gasteiger partial charge on any atom is 0.0332 e. The topological polar surface area (TPSA) is 32.5 Å². The highest BCUT2D eigenvalue weighted by molar-refractivity contribution is 4.93. The van der Waals surface area contributed by atoms with Gasteiger partial charge in [-0.2, -0.15) is 0 Å². The van der Waals surface area contributed by atoms with Crippen molar-refractivity contribution in [1.82, 2.24) is 9.80 Å². The van der Waals surface area contributed by atoms with Crippen molar-refractivity contribution in [3.8, 4) is 0 Å². The molecule has 108 valence electrons. The SMILES string of the molecule is CCC(C)CC(CC)(CN)N1CCCN(C)CC1. The maximum absolute atomic E-state index is 6.18. The zero-order valence-corrected chi connectivity index (χ0v) is 12.9. The molecule has 1 aliphatic heterocycles. The van der Waals surface area contributed by atoms with Gasteiger partial charge in [0.1, 0.15) is 0 Å². The molecular formula is C15H33N3. The van der Waals surface area contributed by atoms with Gasteiger partial charge in [0.2, 0.25) is 0 Å². The lowest BCUT2D eigenvalue weighted by atomic mass is 9.83. The summed E-state index contributed by atoms with van der Waals surface area (Å²) in [6.07, 6.45) is 4.96. The molecule has 0 amide bonds. The molecule has 0 aromatic carbocycles. The minimum absolute atomic E-state index is 0.237. The quantitative estimate of drug-likeness (QED) is 0.789. The molecule has 18 heavy (non-hydrogen) atoms. The molecule has 2 atom stereocenters. The van der Waals surface area contributed by atoms with Crippen LogP contribution in [0, 0.1) is 5.92 Å². The van der Waals surface area contributed by atoms with Crippen LogP contribution in [0.4, 0.5) is 0 Å². The largest absolute Gasteiger partial charge is 0.329 e. The van der Waals surface area contributed by atoms with Gasteiger partial charge in [0.05, 0.1) is 0 Å². The van der Waals surface area contributed by atoms with Crippen molar-refractivity contribution in [3.05, 3.63) is 0 Å². The van der Waals surface area contributed by atoms with Gasteiger partial charge < -0.3 is 10.6 Å². The molecule has 0 aromatic heterocycles. The van der Waals surface area contributed by atoms with Crippen LogP contribution in [0.25, 0.3) is 0 Å².